The van der Waals surface area contributed by atoms with Crippen LogP contribution in [0.4, 0.5) is 5.69 Å². The summed E-state index contributed by atoms with van der Waals surface area (Å²) in [4.78, 5) is 11.3. The summed E-state index contributed by atoms with van der Waals surface area (Å²) in [7, 11) is 1.31. The van der Waals surface area contributed by atoms with Gasteiger partial charge < -0.3 is 15.0 Å². The molecule has 0 aliphatic heterocycles. The van der Waals surface area contributed by atoms with E-state index >= 15 is 0 Å². The Morgan fingerprint density at radius 2 is 2.43 bits per heavy atom. The maximum absolute atomic E-state index is 11.3. The lowest BCUT2D eigenvalue weighted by Crippen LogP contribution is -2.09. The zero-order chi connectivity index (χ0) is 10.7. The lowest BCUT2D eigenvalue weighted by molar-refractivity contribution is 0.0589. The van der Waals surface area contributed by atoms with Crippen molar-refractivity contribution in [2.75, 3.05) is 12.8 Å². The quantitative estimate of drug-likeness (QED) is 0.778. The Morgan fingerprint density at radius 3 is 2.93 bits per heavy atom. The van der Waals surface area contributed by atoms with Gasteiger partial charge >= 0.3 is 5.97 Å². The van der Waals surface area contributed by atoms with Crippen LogP contribution in [0.25, 0.3) is 0 Å². The van der Waals surface area contributed by atoms with Crippen molar-refractivity contribution in [3.63, 3.8) is 0 Å². The Kier molecular flexibility index (Phi) is 3.19. The normalized spacial score (nSPS) is 9.86. The van der Waals surface area contributed by atoms with E-state index < -0.39 is 5.97 Å². The Bertz CT molecular complexity index is 371. The first-order valence-corrected chi connectivity index (χ1v) is 4.29. The van der Waals surface area contributed by atoms with Crippen LogP contribution in [0, 0.1) is 0 Å². The van der Waals surface area contributed by atoms with E-state index in [4.69, 9.17) is 17.3 Å². The Labute approximate surface area is 86.9 Å². The Morgan fingerprint density at radius 1 is 1.79 bits per heavy atom. The molecule has 0 fully saturated rings. The van der Waals surface area contributed by atoms with Crippen LogP contribution < -0.4 is 5.73 Å². The predicted octanol–water partition coefficient (Wildman–Crippen LogP) is 1.61. The summed E-state index contributed by atoms with van der Waals surface area (Å²) in [6, 6.07) is 1.53. The van der Waals surface area contributed by atoms with Gasteiger partial charge in [0.25, 0.3) is 0 Å². The summed E-state index contributed by atoms with van der Waals surface area (Å²) >= 11 is 5.63. The van der Waals surface area contributed by atoms with Gasteiger partial charge in [0.05, 0.1) is 19.3 Å². The van der Waals surface area contributed by atoms with Gasteiger partial charge in [-0.25, -0.2) is 4.79 Å². The van der Waals surface area contributed by atoms with Crippen LogP contribution in [0.2, 0.25) is 0 Å². The molecule has 5 heteroatoms. The highest BCUT2D eigenvalue weighted by atomic mass is 35.5. The molecule has 4 nitrogen and oxygen atoms in total. The summed E-state index contributed by atoms with van der Waals surface area (Å²) < 4.78 is 6.18. The van der Waals surface area contributed by atoms with Crippen LogP contribution in [-0.4, -0.2) is 17.6 Å². The van der Waals surface area contributed by atoms with Crippen LogP contribution in [-0.2, 0) is 11.3 Å². The molecule has 0 spiro atoms. The summed E-state index contributed by atoms with van der Waals surface area (Å²) in [6.07, 6.45) is 1.61. The van der Waals surface area contributed by atoms with E-state index in [0.717, 1.165) is 0 Å². The van der Waals surface area contributed by atoms with Crippen LogP contribution in [0.1, 0.15) is 10.5 Å². The average molecular weight is 215 g/mol. The van der Waals surface area contributed by atoms with Crippen LogP contribution in [0.5, 0.6) is 0 Å². The molecule has 0 atom stereocenters. The molecular formula is C9H11ClN2O2. The molecule has 0 radical (unpaired) electrons. The third-order valence-corrected chi connectivity index (χ3v) is 1.77. The summed E-state index contributed by atoms with van der Waals surface area (Å²) in [5, 5.41) is 0.422. The van der Waals surface area contributed by atoms with Crippen molar-refractivity contribution < 1.29 is 9.53 Å². The van der Waals surface area contributed by atoms with E-state index in [9.17, 15) is 4.79 Å². The minimum atomic E-state index is -0.445. The number of aromatic nitrogens is 1. The lowest BCUT2D eigenvalue weighted by Gasteiger charge is -2.05. The third-order valence-electron chi connectivity index (χ3n) is 1.65. The van der Waals surface area contributed by atoms with E-state index in [1.54, 1.807) is 10.8 Å². The summed E-state index contributed by atoms with van der Waals surface area (Å²) in [5.41, 5.74) is 6.40. The number of carbonyl (C=O) groups excluding carboxylic acids is 1. The second-order valence-corrected chi connectivity index (χ2v) is 3.33. The zero-order valence-corrected chi connectivity index (χ0v) is 8.54. The molecular weight excluding hydrogens is 204 g/mol. The molecule has 1 rings (SSSR count). The number of ether oxygens (including phenoxy) is 1. The molecule has 0 amide bonds. The number of rotatable bonds is 3. The number of nitrogen functional groups attached to an aromatic ring is 1. The Hall–Kier alpha value is -1.42. The first-order valence-electron chi connectivity index (χ1n) is 3.92. The molecule has 0 aromatic carbocycles. The Balaban J connectivity index is 3.02. The van der Waals surface area contributed by atoms with E-state index in [1.165, 1.54) is 13.2 Å². The zero-order valence-electron chi connectivity index (χ0n) is 7.79. The number of nitrogens with two attached hydrogens (primary N) is 1. The summed E-state index contributed by atoms with van der Waals surface area (Å²) in [6.45, 7) is 3.87. The lowest BCUT2D eigenvalue weighted by atomic mass is 10.4. The number of nitrogens with zero attached hydrogens (tertiary/aromatic N) is 1. The fraction of sp³-hybridized carbons (Fsp3) is 0.222. The van der Waals surface area contributed by atoms with Crippen molar-refractivity contribution in [1.29, 1.82) is 0 Å². The van der Waals surface area contributed by atoms with E-state index in [1.807, 2.05) is 0 Å². The first-order chi connectivity index (χ1) is 6.54. The summed E-state index contributed by atoms with van der Waals surface area (Å²) in [5.74, 6) is -0.445. The molecule has 0 aliphatic rings. The third kappa shape index (κ3) is 2.29. The van der Waals surface area contributed by atoms with Crippen molar-refractivity contribution in [2.24, 2.45) is 0 Å². The first kappa shape index (κ1) is 10.7. The van der Waals surface area contributed by atoms with Gasteiger partial charge in [0, 0.05) is 11.2 Å². The molecule has 1 aromatic heterocycles. The number of esters is 1. The fourth-order valence-corrected chi connectivity index (χ4v) is 1.25. The predicted molar refractivity (Wildman–Crippen MR) is 55.2 cm³/mol. The minimum Gasteiger partial charge on any atom is -0.464 e. The largest absolute Gasteiger partial charge is 0.464 e. The number of anilines is 1. The number of hydrogen-bond donors (Lipinski definition) is 1. The van der Waals surface area contributed by atoms with Crippen molar-refractivity contribution >= 4 is 23.3 Å². The molecule has 76 valence electrons. The van der Waals surface area contributed by atoms with Crippen LogP contribution in [0.15, 0.2) is 23.9 Å². The smallest absolute Gasteiger partial charge is 0.354 e. The SMILES string of the molecule is C=C(Cl)Cn1cc(N)cc1C(=O)OC. The van der Waals surface area contributed by atoms with Crippen molar-refractivity contribution in [3.05, 3.63) is 29.6 Å². The van der Waals surface area contributed by atoms with Gasteiger partial charge in [-0.2, -0.15) is 0 Å². The number of hydrogen-bond acceptors (Lipinski definition) is 3. The molecule has 0 saturated carbocycles. The van der Waals surface area contributed by atoms with E-state index in [0.29, 0.717) is 23.0 Å². The molecule has 2 N–H and O–H groups in total. The van der Waals surface area contributed by atoms with Gasteiger partial charge in [-0.3, -0.25) is 0 Å². The van der Waals surface area contributed by atoms with Crippen molar-refractivity contribution in [2.45, 2.75) is 6.54 Å². The van der Waals surface area contributed by atoms with Gasteiger partial charge in [-0.1, -0.05) is 18.2 Å². The average Bonchev–Trinajstić information content (AvgIpc) is 2.44. The van der Waals surface area contributed by atoms with Crippen LogP contribution >= 0.6 is 11.6 Å². The second-order valence-electron chi connectivity index (χ2n) is 2.80. The van der Waals surface area contributed by atoms with Crippen molar-refractivity contribution in [3.8, 4) is 0 Å². The van der Waals surface area contributed by atoms with Gasteiger partial charge in [0.1, 0.15) is 5.69 Å². The van der Waals surface area contributed by atoms with Gasteiger partial charge in [-0.05, 0) is 6.07 Å². The second kappa shape index (κ2) is 4.19. The molecule has 0 bridgehead atoms. The number of allylic oxidation sites excluding steroid dienone is 1. The number of carbonyl (C=O) groups is 1. The highest BCUT2D eigenvalue weighted by molar-refractivity contribution is 6.29. The van der Waals surface area contributed by atoms with Crippen molar-refractivity contribution in [1.82, 2.24) is 4.57 Å². The van der Waals surface area contributed by atoms with Gasteiger partial charge in [0.2, 0.25) is 0 Å². The minimum absolute atomic E-state index is 0.336. The highest BCUT2D eigenvalue weighted by Gasteiger charge is 2.12. The molecule has 1 heterocycles. The van der Waals surface area contributed by atoms with E-state index in [-0.39, 0.29) is 0 Å². The molecule has 1 aromatic rings. The fourth-order valence-electron chi connectivity index (χ4n) is 1.12. The maximum Gasteiger partial charge on any atom is 0.354 e. The molecule has 0 saturated heterocycles. The number of halogens is 1. The maximum atomic E-state index is 11.3. The van der Waals surface area contributed by atoms with E-state index in [2.05, 4.69) is 11.3 Å². The van der Waals surface area contributed by atoms with Gasteiger partial charge in [-0.15, -0.1) is 0 Å². The topological polar surface area (TPSA) is 57.2 Å². The highest BCUT2D eigenvalue weighted by Crippen LogP contribution is 2.14. The molecule has 14 heavy (non-hydrogen) atoms. The molecule has 0 aliphatic carbocycles. The number of methoxy groups -OCH3 is 1. The standard InChI is InChI=1S/C9H11ClN2O2/c1-6(10)4-12-5-7(11)3-8(12)9(13)14-2/h3,5H,1,4,11H2,2H3. The molecule has 0 unspecified atom stereocenters. The van der Waals surface area contributed by atoms with Crippen LogP contribution in [0.3, 0.4) is 0 Å². The van der Waals surface area contributed by atoms with Gasteiger partial charge in [0.15, 0.2) is 0 Å². The monoisotopic (exact) mass is 214 g/mol.